The van der Waals surface area contributed by atoms with E-state index in [2.05, 4.69) is 15.7 Å². The van der Waals surface area contributed by atoms with Crippen molar-refractivity contribution in [3.63, 3.8) is 0 Å². The molecule has 2 N–H and O–H groups in total. The van der Waals surface area contributed by atoms with Crippen LogP contribution in [-0.2, 0) is 7.05 Å². The van der Waals surface area contributed by atoms with Crippen molar-refractivity contribution in [2.45, 2.75) is 13.8 Å². The van der Waals surface area contributed by atoms with Crippen molar-refractivity contribution in [3.05, 3.63) is 41.7 Å². The first-order valence-electron chi connectivity index (χ1n) is 5.69. The summed E-state index contributed by atoms with van der Waals surface area (Å²) >= 11 is 0. The quantitative estimate of drug-likeness (QED) is 0.853. The van der Waals surface area contributed by atoms with Crippen molar-refractivity contribution in [1.82, 2.24) is 9.78 Å². The van der Waals surface area contributed by atoms with Crippen LogP contribution in [0.4, 0.5) is 16.2 Å². The van der Waals surface area contributed by atoms with Crippen molar-refractivity contribution in [2.24, 2.45) is 7.05 Å². The Morgan fingerprint density at radius 1 is 1.28 bits per heavy atom. The summed E-state index contributed by atoms with van der Waals surface area (Å²) in [6.07, 6.45) is 1.63. The SMILES string of the molecule is Cc1cccc(NC(=O)Nc2cnn(C)c2C)c1. The van der Waals surface area contributed by atoms with Crippen LogP contribution in [0.5, 0.6) is 0 Å². The van der Waals surface area contributed by atoms with Gasteiger partial charge in [0.2, 0.25) is 0 Å². The second-order valence-electron chi connectivity index (χ2n) is 4.22. The summed E-state index contributed by atoms with van der Waals surface area (Å²) in [5.41, 5.74) is 3.50. The molecule has 18 heavy (non-hydrogen) atoms. The summed E-state index contributed by atoms with van der Waals surface area (Å²) < 4.78 is 1.71. The molecule has 0 spiro atoms. The van der Waals surface area contributed by atoms with Gasteiger partial charge in [-0.05, 0) is 31.5 Å². The molecule has 2 rings (SSSR count). The Bertz CT molecular complexity index is 574. The van der Waals surface area contributed by atoms with E-state index in [1.54, 1.807) is 10.9 Å². The van der Waals surface area contributed by atoms with Crippen molar-refractivity contribution in [2.75, 3.05) is 10.6 Å². The maximum Gasteiger partial charge on any atom is 0.323 e. The molecule has 2 amide bonds. The van der Waals surface area contributed by atoms with Crippen LogP contribution in [0.25, 0.3) is 0 Å². The molecule has 5 nitrogen and oxygen atoms in total. The van der Waals surface area contributed by atoms with Crippen LogP contribution in [0.2, 0.25) is 0 Å². The lowest BCUT2D eigenvalue weighted by molar-refractivity contribution is 0.262. The van der Waals surface area contributed by atoms with Crippen LogP contribution in [0.15, 0.2) is 30.5 Å². The zero-order chi connectivity index (χ0) is 13.1. The Morgan fingerprint density at radius 3 is 2.67 bits per heavy atom. The van der Waals surface area contributed by atoms with Crippen LogP contribution < -0.4 is 10.6 Å². The van der Waals surface area contributed by atoms with E-state index in [0.29, 0.717) is 5.69 Å². The number of aromatic nitrogens is 2. The summed E-state index contributed by atoms with van der Waals surface area (Å²) in [5, 5.41) is 9.61. The fraction of sp³-hybridized carbons (Fsp3) is 0.231. The number of carbonyl (C=O) groups excluding carboxylic acids is 1. The van der Waals surface area contributed by atoms with Gasteiger partial charge in [-0.1, -0.05) is 12.1 Å². The smallest absolute Gasteiger partial charge is 0.308 e. The van der Waals surface area contributed by atoms with Crippen LogP contribution in [0.3, 0.4) is 0 Å². The van der Waals surface area contributed by atoms with E-state index < -0.39 is 0 Å². The van der Waals surface area contributed by atoms with E-state index in [9.17, 15) is 4.79 Å². The van der Waals surface area contributed by atoms with Gasteiger partial charge >= 0.3 is 6.03 Å². The Labute approximate surface area is 106 Å². The first kappa shape index (κ1) is 12.2. The number of rotatable bonds is 2. The van der Waals surface area contributed by atoms with Gasteiger partial charge in [-0.2, -0.15) is 5.10 Å². The van der Waals surface area contributed by atoms with Crippen molar-refractivity contribution in [3.8, 4) is 0 Å². The molecule has 0 radical (unpaired) electrons. The Morgan fingerprint density at radius 2 is 2.06 bits per heavy atom. The second kappa shape index (κ2) is 4.91. The lowest BCUT2D eigenvalue weighted by atomic mass is 10.2. The number of hydrogen-bond donors (Lipinski definition) is 2. The average Bonchev–Trinajstić information content (AvgIpc) is 2.61. The number of benzene rings is 1. The number of nitrogens with zero attached hydrogens (tertiary/aromatic N) is 2. The summed E-state index contributed by atoms with van der Waals surface area (Å²) in [6.45, 7) is 3.88. The third-order valence-corrected chi connectivity index (χ3v) is 2.76. The molecule has 2 aromatic rings. The molecule has 0 saturated heterocycles. The Kier molecular flexibility index (Phi) is 3.32. The fourth-order valence-electron chi connectivity index (χ4n) is 1.63. The monoisotopic (exact) mass is 244 g/mol. The standard InChI is InChI=1S/C13H16N4O/c1-9-5-4-6-11(7-9)15-13(18)16-12-8-14-17(3)10(12)2/h4-8H,1-3H3,(H2,15,16,18). The molecular weight excluding hydrogens is 228 g/mol. The molecule has 0 aliphatic rings. The number of amides is 2. The summed E-state index contributed by atoms with van der Waals surface area (Å²) in [4.78, 5) is 11.8. The van der Waals surface area contributed by atoms with Crippen LogP contribution in [0.1, 0.15) is 11.3 Å². The first-order chi connectivity index (χ1) is 8.56. The third kappa shape index (κ3) is 2.68. The fourth-order valence-corrected chi connectivity index (χ4v) is 1.63. The number of nitrogens with one attached hydrogen (secondary N) is 2. The van der Waals surface area contributed by atoms with E-state index >= 15 is 0 Å². The second-order valence-corrected chi connectivity index (χ2v) is 4.22. The molecule has 1 aromatic carbocycles. The van der Waals surface area contributed by atoms with Gasteiger partial charge < -0.3 is 10.6 Å². The number of anilines is 2. The maximum atomic E-state index is 11.8. The molecule has 0 fully saturated rings. The highest BCUT2D eigenvalue weighted by Crippen LogP contribution is 2.14. The molecule has 0 aliphatic heterocycles. The predicted molar refractivity (Wildman–Crippen MR) is 71.8 cm³/mol. The molecule has 0 saturated carbocycles. The summed E-state index contributed by atoms with van der Waals surface area (Å²) in [6, 6.07) is 7.38. The van der Waals surface area contributed by atoms with Crippen molar-refractivity contribution < 1.29 is 4.79 Å². The van der Waals surface area contributed by atoms with Gasteiger partial charge in [-0.3, -0.25) is 4.68 Å². The molecule has 0 unspecified atom stereocenters. The summed E-state index contributed by atoms with van der Waals surface area (Å²) in [7, 11) is 1.83. The molecule has 0 bridgehead atoms. The first-order valence-corrected chi connectivity index (χ1v) is 5.69. The largest absolute Gasteiger partial charge is 0.323 e. The minimum absolute atomic E-state index is 0.267. The van der Waals surface area contributed by atoms with Gasteiger partial charge in [-0.25, -0.2) is 4.79 Å². The molecular formula is C13H16N4O. The van der Waals surface area contributed by atoms with E-state index in [1.807, 2.05) is 45.2 Å². The van der Waals surface area contributed by atoms with E-state index in [0.717, 1.165) is 16.9 Å². The van der Waals surface area contributed by atoms with Crippen molar-refractivity contribution in [1.29, 1.82) is 0 Å². The molecule has 0 aliphatic carbocycles. The zero-order valence-corrected chi connectivity index (χ0v) is 10.7. The number of aryl methyl sites for hydroxylation is 2. The topological polar surface area (TPSA) is 59.0 Å². The summed E-state index contributed by atoms with van der Waals surface area (Å²) in [5.74, 6) is 0. The third-order valence-electron chi connectivity index (χ3n) is 2.76. The highest BCUT2D eigenvalue weighted by atomic mass is 16.2. The Hall–Kier alpha value is -2.30. The van der Waals surface area contributed by atoms with Crippen LogP contribution in [0, 0.1) is 13.8 Å². The van der Waals surface area contributed by atoms with Crippen LogP contribution >= 0.6 is 0 Å². The van der Waals surface area contributed by atoms with Crippen LogP contribution in [-0.4, -0.2) is 15.8 Å². The number of carbonyl (C=O) groups is 1. The highest BCUT2D eigenvalue weighted by Gasteiger charge is 2.07. The van der Waals surface area contributed by atoms with E-state index in [1.165, 1.54) is 0 Å². The van der Waals surface area contributed by atoms with Gasteiger partial charge in [0.25, 0.3) is 0 Å². The molecule has 5 heteroatoms. The lowest BCUT2D eigenvalue weighted by Crippen LogP contribution is -2.19. The maximum absolute atomic E-state index is 11.8. The minimum atomic E-state index is -0.267. The van der Waals surface area contributed by atoms with E-state index in [-0.39, 0.29) is 6.03 Å². The number of urea groups is 1. The van der Waals surface area contributed by atoms with Gasteiger partial charge in [0.15, 0.2) is 0 Å². The molecule has 1 aromatic heterocycles. The Balaban J connectivity index is 2.03. The highest BCUT2D eigenvalue weighted by molar-refractivity contribution is 6.00. The normalized spacial score (nSPS) is 10.2. The van der Waals surface area contributed by atoms with Gasteiger partial charge in [0.05, 0.1) is 17.6 Å². The van der Waals surface area contributed by atoms with Crippen molar-refractivity contribution >= 4 is 17.4 Å². The van der Waals surface area contributed by atoms with Gasteiger partial charge in [0, 0.05) is 12.7 Å². The lowest BCUT2D eigenvalue weighted by Gasteiger charge is -2.07. The number of hydrogen-bond acceptors (Lipinski definition) is 2. The zero-order valence-electron chi connectivity index (χ0n) is 10.7. The molecule has 0 atom stereocenters. The minimum Gasteiger partial charge on any atom is -0.308 e. The predicted octanol–water partition coefficient (Wildman–Crippen LogP) is 2.68. The van der Waals surface area contributed by atoms with E-state index in [4.69, 9.17) is 0 Å². The van der Waals surface area contributed by atoms with Gasteiger partial charge in [0.1, 0.15) is 0 Å². The molecule has 94 valence electrons. The average molecular weight is 244 g/mol. The van der Waals surface area contributed by atoms with Gasteiger partial charge in [-0.15, -0.1) is 0 Å². The molecule has 1 heterocycles.